The number of ether oxygens (including phenoxy) is 3. The van der Waals surface area contributed by atoms with Gasteiger partial charge in [-0.15, -0.1) is 5.10 Å². The first-order chi connectivity index (χ1) is 14.1. The van der Waals surface area contributed by atoms with Gasteiger partial charge in [0.15, 0.2) is 18.1 Å². The number of esters is 1. The van der Waals surface area contributed by atoms with E-state index in [2.05, 4.69) is 20.8 Å². The van der Waals surface area contributed by atoms with Crippen molar-refractivity contribution in [2.45, 2.75) is 6.54 Å². The van der Waals surface area contributed by atoms with Crippen LogP contribution < -0.4 is 14.8 Å². The first-order valence-corrected chi connectivity index (χ1v) is 8.59. The maximum absolute atomic E-state index is 12.4. The molecule has 3 rings (SSSR count). The number of nitrogens with one attached hydrogen (secondary N) is 1. The lowest BCUT2D eigenvalue weighted by molar-refractivity contribution is -0.124. The molecule has 0 unspecified atom stereocenters. The first-order valence-electron chi connectivity index (χ1n) is 8.59. The van der Waals surface area contributed by atoms with Crippen LogP contribution in [0.25, 0.3) is 5.69 Å². The van der Waals surface area contributed by atoms with Crippen LogP contribution in [0.5, 0.6) is 11.5 Å². The number of para-hydroxylation sites is 1. The second kappa shape index (κ2) is 9.31. The lowest BCUT2D eigenvalue weighted by Gasteiger charge is -2.11. The molecule has 1 N–H and O–H groups in total. The lowest BCUT2D eigenvalue weighted by Crippen LogP contribution is -2.28. The zero-order chi connectivity index (χ0) is 20.6. The van der Waals surface area contributed by atoms with E-state index in [9.17, 15) is 9.59 Å². The number of tetrazole rings is 1. The molecule has 3 aromatic rings. The Labute approximate surface area is 166 Å². The molecule has 29 heavy (non-hydrogen) atoms. The third kappa shape index (κ3) is 4.86. The average molecular weight is 397 g/mol. The van der Waals surface area contributed by atoms with Crippen LogP contribution in [-0.2, 0) is 16.1 Å². The second-order valence-electron chi connectivity index (χ2n) is 5.81. The van der Waals surface area contributed by atoms with E-state index in [0.717, 1.165) is 5.56 Å². The molecule has 2 aromatic carbocycles. The minimum absolute atomic E-state index is 0.243. The predicted molar refractivity (Wildman–Crippen MR) is 101 cm³/mol. The number of amides is 1. The third-order valence-electron chi connectivity index (χ3n) is 3.99. The molecule has 1 aromatic heterocycles. The SMILES string of the molecule is COc1ccc(CNC(=O)COC(=O)c2ccccc2-n2cnnn2)cc1OC. The standard InChI is InChI=1S/C19H19N5O5/c1-27-16-8-7-13(9-17(16)28-2)10-20-18(25)11-29-19(26)14-5-3-4-6-15(14)24-12-21-22-23-24/h3-9,12H,10-11H2,1-2H3,(H,20,25). The molecule has 0 saturated heterocycles. The molecule has 1 heterocycles. The third-order valence-corrected chi connectivity index (χ3v) is 3.99. The fourth-order valence-corrected chi connectivity index (χ4v) is 2.57. The van der Waals surface area contributed by atoms with Crippen molar-refractivity contribution in [2.75, 3.05) is 20.8 Å². The van der Waals surface area contributed by atoms with Crippen LogP contribution in [0.15, 0.2) is 48.8 Å². The summed E-state index contributed by atoms with van der Waals surface area (Å²) in [5.74, 6) is 0.0630. The Morgan fingerprint density at radius 3 is 2.59 bits per heavy atom. The Kier molecular flexibility index (Phi) is 6.36. The first kappa shape index (κ1) is 19.8. The van der Waals surface area contributed by atoms with Crippen molar-refractivity contribution in [3.05, 3.63) is 59.9 Å². The van der Waals surface area contributed by atoms with Crippen LogP contribution in [0.4, 0.5) is 0 Å². The number of benzene rings is 2. The highest BCUT2D eigenvalue weighted by molar-refractivity contribution is 5.94. The van der Waals surface area contributed by atoms with Crippen molar-refractivity contribution in [3.8, 4) is 17.2 Å². The summed E-state index contributed by atoms with van der Waals surface area (Å²) < 4.78 is 16.9. The van der Waals surface area contributed by atoms with E-state index in [-0.39, 0.29) is 12.1 Å². The highest BCUT2D eigenvalue weighted by Gasteiger charge is 2.16. The molecule has 0 aliphatic heterocycles. The predicted octanol–water partition coefficient (Wildman–Crippen LogP) is 1.15. The molecule has 0 aliphatic rings. The smallest absolute Gasteiger partial charge is 0.340 e. The van der Waals surface area contributed by atoms with Gasteiger partial charge in [-0.2, -0.15) is 4.68 Å². The van der Waals surface area contributed by atoms with Gasteiger partial charge in [-0.3, -0.25) is 4.79 Å². The molecule has 10 nitrogen and oxygen atoms in total. The Balaban J connectivity index is 1.56. The summed E-state index contributed by atoms with van der Waals surface area (Å²) in [4.78, 5) is 24.4. The van der Waals surface area contributed by atoms with Crippen LogP contribution in [-0.4, -0.2) is 52.9 Å². The quantitative estimate of drug-likeness (QED) is 0.563. The average Bonchev–Trinajstić information content (AvgIpc) is 3.30. The summed E-state index contributed by atoms with van der Waals surface area (Å²) in [5.41, 5.74) is 1.51. The molecule has 0 bridgehead atoms. The van der Waals surface area contributed by atoms with Gasteiger partial charge in [-0.1, -0.05) is 18.2 Å². The Morgan fingerprint density at radius 1 is 1.07 bits per heavy atom. The highest BCUT2D eigenvalue weighted by Crippen LogP contribution is 2.27. The number of aromatic nitrogens is 4. The van der Waals surface area contributed by atoms with E-state index in [1.54, 1.807) is 49.6 Å². The number of hydrogen-bond acceptors (Lipinski definition) is 8. The molecule has 0 spiro atoms. The van der Waals surface area contributed by atoms with Crippen LogP contribution in [0.2, 0.25) is 0 Å². The number of methoxy groups -OCH3 is 2. The summed E-state index contributed by atoms with van der Waals surface area (Å²) in [5, 5.41) is 13.5. The summed E-state index contributed by atoms with van der Waals surface area (Å²) >= 11 is 0. The van der Waals surface area contributed by atoms with Crippen LogP contribution in [0.3, 0.4) is 0 Å². The molecule has 150 valence electrons. The second-order valence-corrected chi connectivity index (χ2v) is 5.81. The van der Waals surface area contributed by atoms with Crippen molar-refractivity contribution in [1.29, 1.82) is 0 Å². The molecular formula is C19H19N5O5. The van der Waals surface area contributed by atoms with Gasteiger partial charge >= 0.3 is 5.97 Å². The number of rotatable bonds is 8. The van der Waals surface area contributed by atoms with Gasteiger partial charge < -0.3 is 19.5 Å². The minimum Gasteiger partial charge on any atom is -0.493 e. The molecular weight excluding hydrogens is 378 g/mol. The van der Waals surface area contributed by atoms with E-state index in [4.69, 9.17) is 14.2 Å². The minimum atomic E-state index is -0.655. The van der Waals surface area contributed by atoms with E-state index in [0.29, 0.717) is 17.2 Å². The number of nitrogens with zero attached hydrogens (tertiary/aromatic N) is 4. The molecule has 1 amide bonds. The maximum Gasteiger partial charge on any atom is 0.340 e. The van der Waals surface area contributed by atoms with E-state index in [1.165, 1.54) is 18.1 Å². The topological polar surface area (TPSA) is 117 Å². The number of carbonyl (C=O) groups is 2. The Hall–Kier alpha value is -3.95. The van der Waals surface area contributed by atoms with E-state index in [1.807, 2.05) is 0 Å². The largest absolute Gasteiger partial charge is 0.493 e. The van der Waals surface area contributed by atoms with Gasteiger partial charge in [-0.05, 0) is 40.3 Å². The van der Waals surface area contributed by atoms with Crippen molar-refractivity contribution in [3.63, 3.8) is 0 Å². The molecule has 0 radical (unpaired) electrons. The van der Waals surface area contributed by atoms with Crippen molar-refractivity contribution < 1.29 is 23.8 Å². The normalized spacial score (nSPS) is 10.3. The van der Waals surface area contributed by atoms with Gasteiger partial charge in [0.2, 0.25) is 0 Å². The van der Waals surface area contributed by atoms with E-state index >= 15 is 0 Å². The lowest BCUT2D eigenvalue weighted by atomic mass is 10.2. The van der Waals surface area contributed by atoms with Crippen LogP contribution in [0, 0.1) is 0 Å². The van der Waals surface area contributed by atoms with Gasteiger partial charge in [0.1, 0.15) is 6.33 Å². The van der Waals surface area contributed by atoms with Gasteiger partial charge in [0, 0.05) is 6.54 Å². The summed E-state index contributed by atoms with van der Waals surface area (Å²) in [6.45, 7) is -0.173. The van der Waals surface area contributed by atoms with Crippen molar-refractivity contribution in [2.24, 2.45) is 0 Å². The Bertz CT molecular complexity index is 990. The van der Waals surface area contributed by atoms with Gasteiger partial charge in [0.05, 0.1) is 25.5 Å². The summed E-state index contributed by atoms with van der Waals surface area (Å²) in [6, 6.07) is 12.0. The summed E-state index contributed by atoms with van der Waals surface area (Å²) in [7, 11) is 3.08. The zero-order valence-electron chi connectivity index (χ0n) is 15.9. The van der Waals surface area contributed by atoms with Crippen molar-refractivity contribution >= 4 is 11.9 Å². The van der Waals surface area contributed by atoms with Gasteiger partial charge in [0.25, 0.3) is 5.91 Å². The summed E-state index contributed by atoms with van der Waals surface area (Å²) in [6.07, 6.45) is 1.36. The van der Waals surface area contributed by atoms with E-state index < -0.39 is 18.5 Å². The highest BCUT2D eigenvalue weighted by atomic mass is 16.5. The van der Waals surface area contributed by atoms with Crippen molar-refractivity contribution in [1.82, 2.24) is 25.5 Å². The molecule has 0 atom stereocenters. The molecule has 0 aliphatic carbocycles. The fourth-order valence-electron chi connectivity index (χ4n) is 2.57. The van der Waals surface area contributed by atoms with Crippen LogP contribution in [0.1, 0.15) is 15.9 Å². The molecule has 0 fully saturated rings. The Morgan fingerprint density at radius 2 is 1.86 bits per heavy atom. The zero-order valence-corrected chi connectivity index (χ0v) is 15.9. The molecule has 10 heteroatoms. The van der Waals surface area contributed by atoms with Crippen LogP contribution >= 0.6 is 0 Å². The molecule has 0 saturated carbocycles. The van der Waals surface area contributed by atoms with Gasteiger partial charge in [-0.25, -0.2) is 4.79 Å². The number of hydrogen-bond donors (Lipinski definition) is 1. The number of carbonyl (C=O) groups excluding carboxylic acids is 2. The maximum atomic E-state index is 12.4. The fraction of sp³-hybridized carbons (Fsp3) is 0.211. The monoisotopic (exact) mass is 397 g/mol.